The van der Waals surface area contributed by atoms with Gasteiger partial charge in [0.2, 0.25) is 0 Å². The average Bonchev–Trinajstić information content (AvgIpc) is 2.76. The fourth-order valence-electron chi connectivity index (χ4n) is 10.9. The van der Waals surface area contributed by atoms with E-state index in [0.717, 1.165) is 120 Å². The van der Waals surface area contributed by atoms with Crippen LogP contribution in [0, 0.1) is 17.8 Å². The summed E-state index contributed by atoms with van der Waals surface area (Å²) in [7, 11) is -9.90. The molecule has 0 amide bonds. The minimum Gasteiger partial charge on any atom is -0.462 e. The van der Waals surface area contributed by atoms with Crippen molar-refractivity contribution in [2.24, 2.45) is 17.8 Å². The van der Waals surface area contributed by atoms with Gasteiger partial charge >= 0.3 is 39.5 Å². The molecule has 0 aliphatic carbocycles. The summed E-state index contributed by atoms with van der Waals surface area (Å²) >= 11 is 0. The number of esters is 4. The third-order valence-electron chi connectivity index (χ3n) is 17.0. The third-order valence-corrected chi connectivity index (χ3v) is 18.9. The summed E-state index contributed by atoms with van der Waals surface area (Å²) in [6, 6.07) is 0. The van der Waals surface area contributed by atoms with Crippen LogP contribution in [0.4, 0.5) is 0 Å². The van der Waals surface area contributed by atoms with E-state index in [2.05, 4.69) is 48.5 Å². The zero-order chi connectivity index (χ0) is 67.3. The van der Waals surface area contributed by atoms with E-state index in [1.807, 2.05) is 0 Å². The zero-order valence-electron chi connectivity index (χ0n) is 59.3. The minimum absolute atomic E-state index is 0.102. The smallest absolute Gasteiger partial charge is 0.462 e. The van der Waals surface area contributed by atoms with Gasteiger partial charge in [-0.2, -0.15) is 0 Å². The number of ether oxygens (including phenoxy) is 4. The Morgan fingerprint density at radius 3 is 0.835 bits per heavy atom. The highest BCUT2D eigenvalue weighted by molar-refractivity contribution is 7.47. The highest BCUT2D eigenvalue weighted by atomic mass is 31.2. The van der Waals surface area contributed by atoms with Gasteiger partial charge < -0.3 is 33.8 Å². The molecule has 0 fully saturated rings. The lowest BCUT2D eigenvalue weighted by Crippen LogP contribution is -2.30. The van der Waals surface area contributed by atoms with Gasteiger partial charge in [0.25, 0.3) is 0 Å². The van der Waals surface area contributed by atoms with Crippen LogP contribution in [0.15, 0.2) is 0 Å². The van der Waals surface area contributed by atoms with Gasteiger partial charge in [0.05, 0.1) is 26.4 Å². The lowest BCUT2D eigenvalue weighted by molar-refractivity contribution is -0.161. The molecule has 0 aliphatic rings. The Bertz CT molecular complexity index is 1790. The summed E-state index contributed by atoms with van der Waals surface area (Å²) in [6.07, 6.45) is 47.4. The van der Waals surface area contributed by atoms with E-state index in [-0.39, 0.29) is 25.7 Å². The molecule has 0 aromatic carbocycles. The number of unbranched alkanes of at least 4 members (excludes halogenated alkanes) is 37. The number of carbonyl (C=O) groups excluding carboxylic acids is 4. The molecule has 3 unspecified atom stereocenters. The quantitative estimate of drug-likeness (QED) is 0.0222. The molecule has 0 spiro atoms. The fraction of sp³-hybridized carbons (Fsp3) is 0.944. The Kier molecular flexibility index (Phi) is 61.5. The Morgan fingerprint density at radius 1 is 0.319 bits per heavy atom. The van der Waals surface area contributed by atoms with E-state index in [1.165, 1.54) is 161 Å². The van der Waals surface area contributed by atoms with E-state index in [9.17, 15) is 43.2 Å². The number of phosphoric acid groups is 2. The second kappa shape index (κ2) is 62.8. The molecule has 0 bridgehead atoms. The Hall–Kier alpha value is -1.94. The maximum atomic E-state index is 13.0. The molecule has 0 heterocycles. The normalized spacial score (nSPS) is 14.5. The van der Waals surface area contributed by atoms with E-state index in [4.69, 9.17) is 37.0 Å². The van der Waals surface area contributed by atoms with Crippen LogP contribution in [0.25, 0.3) is 0 Å². The second-order valence-electron chi connectivity index (χ2n) is 27.2. The first kappa shape index (κ1) is 89.1. The van der Waals surface area contributed by atoms with Crippen LogP contribution in [-0.4, -0.2) is 96.7 Å². The van der Waals surface area contributed by atoms with Crippen LogP contribution in [0.5, 0.6) is 0 Å². The number of aliphatic hydroxyl groups is 1. The first-order chi connectivity index (χ1) is 43.8. The van der Waals surface area contributed by atoms with Gasteiger partial charge in [-0.15, -0.1) is 0 Å². The molecule has 91 heavy (non-hydrogen) atoms. The average molecular weight is 1340 g/mol. The highest BCUT2D eigenvalue weighted by Gasteiger charge is 2.30. The standard InChI is InChI=1S/C72H140O17P2/c1-8-10-11-12-29-39-46-53-69(74)82-59-68(89-72(77)56-49-42-35-34-38-45-52-65(7)9-2)62-87-91(80,81)85-58-66(73)57-84-90(78,79)86-61-67(60-83-70(75)54-47-40-32-27-23-20-16-18-22-26-31-37-44-51-64(5)6)88-71(76)55-48-41-33-28-24-19-15-13-14-17-21-25-30-36-43-50-63(3)4/h63-68,73H,8-62H2,1-7H3,(H,78,79)(H,80,81)/t65?,66-,67-,68-/m1/s1. The van der Waals surface area contributed by atoms with Crippen LogP contribution in [0.2, 0.25) is 0 Å². The van der Waals surface area contributed by atoms with Crippen LogP contribution < -0.4 is 0 Å². The van der Waals surface area contributed by atoms with Gasteiger partial charge in [-0.05, 0) is 43.4 Å². The minimum atomic E-state index is -4.95. The summed E-state index contributed by atoms with van der Waals surface area (Å²) in [4.78, 5) is 72.5. The summed E-state index contributed by atoms with van der Waals surface area (Å²) < 4.78 is 68.2. The second-order valence-corrected chi connectivity index (χ2v) is 30.1. The van der Waals surface area contributed by atoms with Crippen molar-refractivity contribution in [2.75, 3.05) is 39.6 Å². The molecular weight excluding hydrogens is 1200 g/mol. The molecule has 0 aromatic rings. The number of phosphoric ester groups is 2. The predicted molar refractivity (Wildman–Crippen MR) is 368 cm³/mol. The van der Waals surface area contributed by atoms with E-state index >= 15 is 0 Å². The van der Waals surface area contributed by atoms with Crippen LogP contribution >= 0.6 is 15.6 Å². The van der Waals surface area contributed by atoms with Gasteiger partial charge in [-0.25, -0.2) is 9.13 Å². The summed E-state index contributed by atoms with van der Waals surface area (Å²) in [6.45, 7) is 11.8. The third kappa shape index (κ3) is 65.1. The summed E-state index contributed by atoms with van der Waals surface area (Å²) in [5.41, 5.74) is 0. The number of aliphatic hydroxyl groups excluding tert-OH is 1. The van der Waals surface area contributed by atoms with Gasteiger partial charge in [0.1, 0.15) is 19.3 Å². The molecule has 6 atom stereocenters. The molecular formula is C72H140O17P2. The summed E-state index contributed by atoms with van der Waals surface area (Å²) in [5.74, 6) is 0.184. The molecule has 0 saturated heterocycles. The molecule has 3 N–H and O–H groups in total. The molecule has 540 valence electrons. The van der Waals surface area contributed by atoms with Crippen LogP contribution in [0.1, 0.15) is 363 Å². The van der Waals surface area contributed by atoms with Gasteiger partial charge in [0, 0.05) is 25.7 Å². The Balaban J connectivity index is 5.19. The van der Waals surface area contributed by atoms with Crippen molar-refractivity contribution in [3.63, 3.8) is 0 Å². The van der Waals surface area contributed by atoms with Crippen LogP contribution in [-0.2, 0) is 65.4 Å². The molecule has 17 nitrogen and oxygen atoms in total. The maximum absolute atomic E-state index is 13.0. The predicted octanol–water partition coefficient (Wildman–Crippen LogP) is 20.6. The number of rotatable bonds is 70. The van der Waals surface area contributed by atoms with Crippen LogP contribution in [0.3, 0.4) is 0 Å². The van der Waals surface area contributed by atoms with Crippen molar-refractivity contribution < 1.29 is 80.2 Å². The number of hydrogen-bond acceptors (Lipinski definition) is 15. The van der Waals surface area contributed by atoms with Crippen molar-refractivity contribution in [3.05, 3.63) is 0 Å². The highest BCUT2D eigenvalue weighted by Crippen LogP contribution is 2.45. The lowest BCUT2D eigenvalue weighted by atomic mass is 10.00. The van der Waals surface area contributed by atoms with Crippen molar-refractivity contribution >= 4 is 39.5 Å². The summed E-state index contributed by atoms with van der Waals surface area (Å²) in [5, 5.41) is 10.6. The van der Waals surface area contributed by atoms with Crippen molar-refractivity contribution in [2.45, 2.75) is 381 Å². The maximum Gasteiger partial charge on any atom is 0.472 e. The van der Waals surface area contributed by atoms with Crippen molar-refractivity contribution in [1.82, 2.24) is 0 Å². The molecule has 0 aliphatic heterocycles. The first-order valence-electron chi connectivity index (χ1n) is 37.4. The Labute approximate surface area is 556 Å². The van der Waals surface area contributed by atoms with E-state index in [0.29, 0.717) is 25.7 Å². The first-order valence-corrected chi connectivity index (χ1v) is 40.4. The fourth-order valence-corrected chi connectivity index (χ4v) is 12.4. The molecule has 0 aromatic heterocycles. The topological polar surface area (TPSA) is 237 Å². The molecule has 0 radical (unpaired) electrons. The van der Waals surface area contributed by atoms with Crippen molar-refractivity contribution in [3.8, 4) is 0 Å². The Morgan fingerprint density at radius 2 is 0.560 bits per heavy atom. The number of hydrogen-bond donors (Lipinski definition) is 3. The SMILES string of the molecule is CCCCCCCCCC(=O)OC[C@H](COP(=O)(O)OC[C@H](O)COP(=O)(O)OC[C@@H](COC(=O)CCCCCCCCCCCCCCCC(C)C)OC(=O)CCCCCCCCCCCCCCCCCC(C)C)OC(=O)CCCCCCCCC(C)CC. The van der Waals surface area contributed by atoms with Gasteiger partial charge in [0.15, 0.2) is 12.2 Å². The van der Waals surface area contributed by atoms with E-state index < -0.39 is 97.5 Å². The number of carbonyl (C=O) groups is 4. The molecule has 19 heteroatoms. The lowest BCUT2D eigenvalue weighted by Gasteiger charge is -2.21. The monoisotopic (exact) mass is 1340 g/mol. The zero-order valence-corrected chi connectivity index (χ0v) is 61.1. The van der Waals surface area contributed by atoms with Gasteiger partial charge in [-0.3, -0.25) is 37.3 Å². The van der Waals surface area contributed by atoms with Gasteiger partial charge in [-0.1, -0.05) is 312 Å². The van der Waals surface area contributed by atoms with Crippen molar-refractivity contribution in [1.29, 1.82) is 0 Å². The molecule has 0 rings (SSSR count). The molecule has 0 saturated carbocycles. The van der Waals surface area contributed by atoms with E-state index in [1.54, 1.807) is 0 Å². The largest absolute Gasteiger partial charge is 0.472 e.